The van der Waals surface area contributed by atoms with Crippen LogP contribution in [0.1, 0.15) is 16.7 Å². The largest absolute Gasteiger partial charge is 0.418 e. The highest BCUT2D eigenvalue weighted by Gasteiger charge is 2.34. The SMILES string of the molecule is Cc1ccccc1CNc1nncc(Nc2ccc(Cl)cc2C(F)(F)F)n1. The van der Waals surface area contributed by atoms with Crippen LogP contribution in [-0.2, 0) is 12.7 Å². The molecule has 0 fully saturated rings. The predicted molar refractivity (Wildman–Crippen MR) is 98.1 cm³/mol. The molecule has 0 unspecified atom stereocenters. The van der Waals surface area contributed by atoms with Crippen molar-refractivity contribution in [3.8, 4) is 0 Å². The molecule has 0 bridgehead atoms. The number of hydrogen-bond acceptors (Lipinski definition) is 5. The minimum atomic E-state index is -4.56. The van der Waals surface area contributed by atoms with Gasteiger partial charge in [-0.05, 0) is 36.2 Å². The summed E-state index contributed by atoms with van der Waals surface area (Å²) < 4.78 is 39.6. The van der Waals surface area contributed by atoms with E-state index in [9.17, 15) is 13.2 Å². The second-order valence-electron chi connectivity index (χ2n) is 5.76. The van der Waals surface area contributed by atoms with Crippen LogP contribution in [0.3, 0.4) is 0 Å². The smallest absolute Gasteiger partial charge is 0.349 e. The second kappa shape index (κ2) is 7.79. The Kier molecular flexibility index (Phi) is 5.46. The molecule has 3 rings (SSSR count). The summed E-state index contributed by atoms with van der Waals surface area (Å²) >= 11 is 5.69. The zero-order valence-corrected chi connectivity index (χ0v) is 14.9. The number of alkyl halides is 3. The number of benzene rings is 2. The van der Waals surface area contributed by atoms with Crippen molar-refractivity contribution in [1.29, 1.82) is 0 Å². The quantitative estimate of drug-likeness (QED) is 0.623. The molecule has 5 nitrogen and oxygen atoms in total. The van der Waals surface area contributed by atoms with Gasteiger partial charge in [-0.3, -0.25) is 0 Å². The standard InChI is InChI=1S/C18H15ClF3N5/c1-11-4-2-3-5-12(11)9-23-17-26-16(10-24-27-17)25-15-7-6-13(19)8-14(15)18(20,21)22/h2-8,10H,9H2,1H3,(H2,23,25,26,27). The molecule has 0 saturated heterocycles. The van der Waals surface area contributed by atoms with E-state index in [0.29, 0.717) is 6.54 Å². The molecule has 0 atom stereocenters. The molecular weight excluding hydrogens is 379 g/mol. The molecule has 2 aromatic carbocycles. The van der Waals surface area contributed by atoms with Crippen molar-refractivity contribution in [3.63, 3.8) is 0 Å². The number of aryl methyl sites for hydroxylation is 1. The van der Waals surface area contributed by atoms with Crippen LogP contribution in [0.15, 0.2) is 48.7 Å². The lowest BCUT2D eigenvalue weighted by Gasteiger charge is -2.14. The first-order valence-corrected chi connectivity index (χ1v) is 8.32. The van der Waals surface area contributed by atoms with Gasteiger partial charge in [0.15, 0.2) is 5.82 Å². The highest BCUT2D eigenvalue weighted by Crippen LogP contribution is 2.37. The van der Waals surface area contributed by atoms with Gasteiger partial charge in [0, 0.05) is 11.6 Å². The summed E-state index contributed by atoms with van der Waals surface area (Å²) in [4.78, 5) is 4.16. The maximum absolute atomic E-state index is 13.2. The third-order valence-corrected chi connectivity index (χ3v) is 4.04. The minimum absolute atomic E-state index is 0.00530. The third kappa shape index (κ3) is 4.85. The molecule has 0 aliphatic rings. The first-order valence-electron chi connectivity index (χ1n) is 7.95. The normalized spacial score (nSPS) is 11.3. The Balaban J connectivity index is 1.78. The average molecular weight is 394 g/mol. The maximum Gasteiger partial charge on any atom is 0.418 e. The van der Waals surface area contributed by atoms with Crippen LogP contribution < -0.4 is 10.6 Å². The number of aromatic nitrogens is 3. The topological polar surface area (TPSA) is 62.7 Å². The molecule has 0 amide bonds. The fraction of sp³-hybridized carbons (Fsp3) is 0.167. The van der Waals surface area contributed by atoms with Crippen molar-refractivity contribution in [2.75, 3.05) is 10.6 Å². The Labute approximate surface area is 158 Å². The van der Waals surface area contributed by atoms with E-state index in [1.807, 2.05) is 31.2 Å². The zero-order valence-electron chi connectivity index (χ0n) is 14.2. The van der Waals surface area contributed by atoms with Crippen LogP contribution in [-0.4, -0.2) is 15.2 Å². The van der Waals surface area contributed by atoms with E-state index >= 15 is 0 Å². The number of nitrogens with one attached hydrogen (secondary N) is 2. The molecule has 27 heavy (non-hydrogen) atoms. The van der Waals surface area contributed by atoms with Crippen molar-refractivity contribution < 1.29 is 13.2 Å². The van der Waals surface area contributed by atoms with Crippen molar-refractivity contribution in [1.82, 2.24) is 15.2 Å². The van der Waals surface area contributed by atoms with Crippen molar-refractivity contribution in [2.45, 2.75) is 19.6 Å². The van der Waals surface area contributed by atoms with Gasteiger partial charge in [0.25, 0.3) is 0 Å². The van der Waals surface area contributed by atoms with Gasteiger partial charge in [-0.15, -0.1) is 5.10 Å². The lowest BCUT2D eigenvalue weighted by atomic mass is 10.1. The molecule has 1 heterocycles. The summed E-state index contributed by atoms with van der Waals surface area (Å²) in [5, 5.41) is 13.3. The predicted octanol–water partition coefficient (Wildman–Crippen LogP) is 5.21. The summed E-state index contributed by atoms with van der Waals surface area (Å²) in [6, 6.07) is 11.3. The van der Waals surface area contributed by atoms with Crippen molar-refractivity contribution in [3.05, 3.63) is 70.4 Å². The van der Waals surface area contributed by atoms with Crippen LogP contribution in [0.2, 0.25) is 5.02 Å². The van der Waals surface area contributed by atoms with Gasteiger partial charge in [-0.1, -0.05) is 35.9 Å². The Morgan fingerprint density at radius 1 is 1.11 bits per heavy atom. The molecule has 2 N–H and O–H groups in total. The van der Waals surface area contributed by atoms with Crippen molar-refractivity contribution in [2.24, 2.45) is 0 Å². The van der Waals surface area contributed by atoms with Gasteiger partial charge in [0.2, 0.25) is 5.95 Å². The minimum Gasteiger partial charge on any atom is -0.349 e. The summed E-state index contributed by atoms with van der Waals surface area (Å²) in [7, 11) is 0. The average Bonchev–Trinajstić information content (AvgIpc) is 2.62. The molecule has 140 valence electrons. The molecule has 9 heteroatoms. The first kappa shape index (κ1) is 18.9. The lowest BCUT2D eigenvalue weighted by Crippen LogP contribution is -2.10. The fourth-order valence-electron chi connectivity index (χ4n) is 2.42. The molecular formula is C18H15ClF3N5. The highest BCUT2D eigenvalue weighted by atomic mass is 35.5. The van der Waals surface area contributed by atoms with E-state index < -0.39 is 11.7 Å². The summed E-state index contributed by atoms with van der Waals surface area (Å²) in [6.45, 7) is 2.44. The van der Waals surface area contributed by atoms with Gasteiger partial charge in [-0.25, -0.2) is 0 Å². The summed E-state index contributed by atoms with van der Waals surface area (Å²) in [6.07, 6.45) is -3.31. The Morgan fingerprint density at radius 2 is 1.89 bits per heavy atom. The van der Waals surface area contributed by atoms with Gasteiger partial charge < -0.3 is 10.6 Å². The van der Waals surface area contributed by atoms with E-state index in [2.05, 4.69) is 25.8 Å². The maximum atomic E-state index is 13.2. The van der Waals surface area contributed by atoms with Crippen LogP contribution in [0.4, 0.5) is 30.6 Å². The second-order valence-corrected chi connectivity index (χ2v) is 6.19. The summed E-state index contributed by atoms with van der Waals surface area (Å²) in [5.74, 6) is 0.330. The Hall–Kier alpha value is -2.87. The van der Waals surface area contributed by atoms with Crippen LogP contribution >= 0.6 is 11.6 Å². The van der Waals surface area contributed by atoms with Gasteiger partial charge in [0.05, 0.1) is 17.4 Å². The molecule has 1 aromatic heterocycles. The molecule has 0 radical (unpaired) electrons. The van der Waals surface area contributed by atoms with Crippen molar-refractivity contribution >= 4 is 29.1 Å². The Morgan fingerprint density at radius 3 is 2.63 bits per heavy atom. The monoisotopic (exact) mass is 393 g/mol. The van der Waals surface area contributed by atoms with E-state index in [1.165, 1.54) is 18.3 Å². The summed E-state index contributed by atoms with van der Waals surface area (Å²) in [5.41, 5.74) is 1.10. The number of nitrogens with zero attached hydrogens (tertiary/aromatic N) is 3. The third-order valence-electron chi connectivity index (χ3n) is 3.81. The number of hydrogen-bond donors (Lipinski definition) is 2. The van der Waals surface area contributed by atoms with E-state index in [4.69, 9.17) is 11.6 Å². The molecule has 0 aliphatic carbocycles. The molecule has 0 aliphatic heterocycles. The molecule has 3 aromatic rings. The number of halogens is 4. The lowest BCUT2D eigenvalue weighted by molar-refractivity contribution is -0.136. The molecule has 0 spiro atoms. The Bertz CT molecular complexity index is 946. The van der Waals surface area contributed by atoms with E-state index in [0.717, 1.165) is 17.2 Å². The van der Waals surface area contributed by atoms with E-state index in [1.54, 1.807) is 0 Å². The van der Waals surface area contributed by atoms with Gasteiger partial charge in [-0.2, -0.15) is 23.3 Å². The van der Waals surface area contributed by atoms with Crippen LogP contribution in [0, 0.1) is 6.92 Å². The zero-order chi connectivity index (χ0) is 19.4. The first-order chi connectivity index (χ1) is 12.8. The van der Waals surface area contributed by atoms with Gasteiger partial charge in [0.1, 0.15) is 0 Å². The highest BCUT2D eigenvalue weighted by molar-refractivity contribution is 6.30. The van der Waals surface area contributed by atoms with Crippen LogP contribution in [0.25, 0.3) is 0 Å². The van der Waals surface area contributed by atoms with Gasteiger partial charge >= 0.3 is 6.18 Å². The van der Waals surface area contributed by atoms with E-state index in [-0.39, 0.29) is 22.5 Å². The molecule has 0 saturated carbocycles. The fourth-order valence-corrected chi connectivity index (χ4v) is 2.59. The van der Waals surface area contributed by atoms with Crippen LogP contribution in [0.5, 0.6) is 0 Å². The number of rotatable bonds is 5. The number of anilines is 3.